The topological polar surface area (TPSA) is 70.8 Å². The van der Waals surface area contributed by atoms with Crippen LogP contribution in [0.1, 0.15) is 10.4 Å². The lowest BCUT2D eigenvalue weighted by Crippen LogP contribution is -2.04. The molecule has 1 heterocycles. The molecule has 0 unspecified atom stereocenters. The first kappa shape index (κ1) is 14.2. The third-order valence-corrected chi connectivity index (χ3v) is 3.72. The van der Waals surface area contributed by atoms with Gasteiger partial charge in [-0.2, -0.15) is 0 Å². The molecule has 0 saturated heterocycles. The van der Waals surface area contributed by atoms with Crippen LogP contribution in [0.2, 0.25) is 0 Å². The van der Waals surface area contributed by atoms with Gasteiger partial charge in [0, 0.05) is 22.6 Å². The van der Waals surface area contributed by atoms with Gasteiger partial charge in [0.05, 0.1) is 21.3 Å². The Bertz CT molecular complexity index is 636. The van der Waals surface area contributed by atoms with Crippen molar-refractivity contribution in [1.29, 1.82) is 0 Å². The Morgan fingerprint density at radius 2 is 1.90 bits per heavy atom. The van der Waals surface area contributed by atoms with Crippen LogP contribution < -0.4 is 15.2 Å². The Hall–Kier alpha value is -2.21. The zero-order valence-corrected chi connectivity index (χ0v) is 12.2. The van der Waals surface area contributed by atoms with Crippen molar-refractivity contribution >= 4 is 22.3 Å². The van der Waals surface area contributed by atoms with Gasteiger partial charge in [-0.15, -0.1) is 11.3 Å². The number of rotatable bonds is 4. The van der Waals surface area contributed by atoms with Crippen molar-refractivity contribution in [3.8, 4) is 22.6 Å². The fourth-order valence-corrected chi connectivity index (χ4v) is 2.71. The lowest BCUT2D eigenvalue weighted by atomic mass is 10.0. The Kier molecular flexibility index (Phi) is 4.14. The Labute approximate surface area is 120 Å². The number of methoxy groups -OCH3 is 3. The summed E-state index contributed by atoms with van der Waals surface area (Å²) in [7, 11) is 4.47. The van der Waals surface area contributed by atoms with E-state index in [0.717, 1.165) is 5.56 Å². The molecule has 0 bridgehead atoms. The van der Waals surface area contributed by atoms with Crippen LogP contribution >= 0.6 is 11.3 Å². The highest BCUT2D eigenvalue weighted by Crippen LogP contribution is 2.40. The average Bonchev–Trinajstić information content (AvgIpc) is 2.87. The van der Waals surface area contributed by atoms with E-state index in [9.17, 15) is 4.79 Å². The molecule has 0 saturated carbocycles. The first-order valence-corrected chi connectivity index (χ1v) is 6.68. The molecule has 0 aliphatic heterocycles. The van der Waals surface area contributed by atoms with Gasteiger partial charge in [0.25, 0.3) is 0 Å². The van der Waals surface area contributed by atoms with Gasteiger partial charge in [-0.1, -0.05) is 0 Å². The van der Waals surface area contributed by atoms with Gasteiger partial charge in [0.15, 0.2) is 0 Å². The number of thiophene rings is 1. The predicted molar refractivity (Wildman–Crippen MR) is 78.6 cm³/mol. The molecule has 2 rings (SSSR count). The van der Waals surface area contributed by atoms with Gasteiger partial charge in [0.1, 0.15) is 22.1 Å². The van der Waals surface area contributed by atoms with Crippen LogP contribution in [0.3, 0.4) is 0 Å². The van der Waals surface area contributed by atoms with Crippen molar-refractivity contribution in [2.75, 3.05) is 27.1 Å². The summed E-state index contributed by atoms with van der Waals surface area (Å²) in [4.78, 5) is 11.9. The summed E-state index contributed by atoms with van der Waals surface area (Å²) in [5.41, 5.74) is 7.68. The van der Waals surface area contributed by atoms with Crippen LogP contribution in [0.5, 0.6) is 11.5 Å². The van der Waals surface area contributed by atoms with Crippen LogP contribution in [-0.2, 0) is 4.74 Å². The van der Waals surface area contributed by atoms with Crippen molar-refractivity contribution in [2.45, 2.75) is 0 Å². The zero-order chi connectivity index (χ0) is 14.7. The Balaban J connectivity index is 2.60. The van der Waals surface area contributed by atoms with E-state index in [0.29, 0.717) is 27.6 Å². The van der Waals surface area contributed by atoms with Crippen molar-refractivity contribution in [3.05, 3.63) is 29.1 Å². The van der Waals surface area contributed by atoms with Crippen LogP contribution in [-0.4, -0.2) is 27.3 Å². The summed E-state index contributed by atoms with van der Waals surface area (Å²) in [5, 5.41) is 2.23. The fourth-order valence-electron chi connectivity index (χ4n) is 1.90. The number of hydrogen-bond donors (Lipinski definition) is 1. The molecular weight excluding hydrogens is 278 g/mol. The molecule has 5 nitrogen and oxygen atoms in total. The van der Waals surface area contributed by atoms with E-state index in [4.69, 9.17) is 19.9 Å². The highest BCUT2D eigenvalue weighted by molar-refractivity contribution is 7.15. The maximum atomic E-state index is 11.9. The monoisotopic (exact) mass is 293 g/mol. The summed E-state index contributed by atoms with van der Waals surface area (Å²) in [5.74, 6) is 0.817. The number of carbonyl (C=O) groups excluding carboxylic acids is 1. The van der Waals surface area contributed by atoms with E-state index >= 15 is 0 Å². The van der Waals surface area contributed by atoms with Gasteiger partial charge in [-0.25, -0.2) is 4.79 Å². The van der Waals surface area contributed by atoms with Crippen LogP contribution in [0.15, 0.2) is 23.6 Å². The third-order valence-electron chi connectivity index (χ3n) is 2.91. The molecule has 1 aromatic heterocycles. The van der Waals surface area contributed by atoms with Crippen LogP contribution in [0.25, 0.3) is 11.1 Å². The second-order valence-corrected chi connectivity index (χ2v) is 4.86. The summed E-state index contributed by atoms with van der Waals surface area (Å²) in [6, 6.07) is 5.38. The third kappa shape index (κ3) is 2.42. The number of benzene rings is 1. The van der Waals surface area contributed by atoms with Crippen molar-refractivity contribution in [3.63, 3.8) is 0 Å². The van der Waals surface area contributed by atoms with Crippen LogP contribution in [0, 0.1) is 0 Å². The number of anilines is 1. The summed E-state index contributed by atoms with van der Waals surface area (Å²) >= 11 is 1.29. The fraction of sp³-hybridized carbons (Fsp3) is 0.214. The molecule has 1 aromatic carbocycles. The van der Waals surface area contributed by atoms with Crippen molar-refractivity contribution in [1.82, 2.24) is 0 Å². The van der Waals surface area contributed by atoms with Gasteiger partial charge in [-0.3, -0.25) is 0 Å². The van der Waals surface area contributed by atoms with Gasteiger partial charge < -0.3 is 19.9 Å². The molecule has 0 spiro atoms. The van der Waals surface area contributed by atoms with E-state index in [2.05, 4.69) is 0 Å². The predicted octanol–water partition coefficient (Wildman–Crippen LogP) is 2.80. The van der Waals surface area contributed by atoms with E-state index in [1.54, 1.807) is 26.4 Å². The molecule has 0 aliphatic rings. The first-order valence-electron chi connectivity index (χ1n) is 5.80. The lowest BCUT2D eigenvalue weighted by Gasteiger charge is -2.11. The number of esters is 1. The SMILES string of the molecule is COC(=O)c1c(-c2ccc(OC)cc2OC)csc1N. The molecule has 0 radical (unpaired) electrons. The largest absolute Gasteiger partial charge is 0.497 e. The minimum absolute atomic E-state index is 0.362. The Morgan fingerprint density at radius 1 is 1.15 bits per heavy atom. The highest BCUT2D eigenvalue weighted by atomic mass is 32.1. The molecule has 0 amide bonds. The summed E-state index contributed by atoms with van der Waals surface area (Å²) < 4.78 is 15.3. The van der Waals surface area contributed by atoms with E-state index in [-0.39, 0.29) is 0 Å². The average molecular weight is 293 g/mol. The molecule has 2 aromatic rings. The maximum absolute atomic E-state index is 11.9. The van der Waals surface area contributed by atoms with E-state index < -0.39 is 5.97 Å². The van der Waals surface area contributed by atoms with Gasteiger partial charge >= 0.3 is 5.97 Å². The standard InChI is InChI=1S/C14H15NO4S/c1-17-8-4-5-9(11(6-8)18-2)10-7-20-13(15)12(10)14(16)19-3/h4-7H,15H2,1-3H3. The lowest BCUT2D eigenvalue weighted by molar-refractivity contribution is 0.0603. The number of nitrogen functional groups attached to an aromatic ring is 1. The minimum atomic E-state index is -0.461. The summed E-state index contributed by atoms with van der Waals surface area (Å²) in [6.45, 7) is 0. The van der Waals surface area contributed by atoms with Crippen molar-refractivity contribution < 1.29 is 19.0 Å². The maximum Gasteiger partial charge on any atom is 0.341 e. The molecule has 0 aliphatic carbocycles. The molecule has 0 fully saturated rings. The summed E-state index contributed by atoms with van der Waals surface area (Å²) in [6.07, 6.45) is 0. The highest BCUT2D eigenvalue weighted by Gasteiger charge is 2.21. The molecular formula is C14H15NO4S. The van der Waals surface area contributed by atoms with Gasteiger partial charge in [0.2, 0.25) is 0 Å². The number of ether oxygens (including phenoxy) is 3. The van der Waals surface area contributed by atoms with Gasteiger partial charge in [-0.05, 0) is 12.1 Å². The molecule has 0 atom stereocenters. The number of nitrogens with two attached hydrogens (primary N) is 1. The number of carbonyl (C=O) groups is 1. The first-order chi connectivity index (χ1) is 9.62. The second kappa shape index (κ2) is 5.83. The minimum Gasteiger partial charge on any atom is -0.497 e. The van der Waals surface area contributed by atoms with Crippen molar-refractivity contribution in [2.24, 2.45) is 0 Å². The molecule has 6 heteroatoms. The Morgan fingerprint density at radius 3 is 2.50 bits per heavy atom. The quantitative estimate of drug-likeness (QED) is 0.878. The second-order valence-electron chi connectivity index (χ2n) is 3.95. The molecule has 20 heavy (non-hydrogen) atoms. The van der Waals surface area contributed by atoms with Crippen LogP contribution in [0.4, 0.5) is 5.00 Å². The van der Waals surface area contributed by atoms with E-state index in [1.807, 2.05) is 11.4 Å². The smallest absolute Gasteiger partial charge is 0.341 e. The molecule has 2 N–H and O–H groups in total. The zero-order valence-electron chi connectivity index (χ0n) is 11.4. The van der Waals surface area contributed by atoms with E-state index in [1.165, 1.54) is 18.4 Å². The normalized spacial score (nSPS) is 10.2. The molecule has 106 valence electrons. The number of hydrogen-bond acceptors (Lipinski definition) is 6.